The van der Waals surface area contributed by atoms with Crippen LogP contribution in [-0.4, -0.2) is 38.7 Å². The van der Waals surface area contributed by atoms with Gasteiger partial charge in [-0.25, -0.2) is 0 Å². The van der Waals surface area contributed by atoms with Gasteiger partial charge in [-0.1, -0.05) is 47.1 Å². The van der Waals surface area contributed by atoms with Gasteiger partial charge in [-0.2, -0.15) is 0 Å². The molecule has 2 heterocycles. The quantitative estimate of drug-likeness (QED) is 0.229. The fourth-order valence-corrected chi connectivity index (χ4v) is 4.10. The minimum absolute atomic E-state index is 0.450. The Morgan fingerprint density at radius 2 is 1.81 bits per heavy atom. The molecule has 31 heavy (non-hydrogen) atoms. The lowest BCUT2D eigenvalue weighted by atomic mass is 10.2. The fourth-order valence-electron chi connectivity index (χ4n) is 2.95. The molecule has 10 heteroatoms. The highest BCUT2D eigenvalue weighted by molar-refractivity contribution is 7.98. The van der Waals surface area contributed by atoms with Crippen molar-refractivity contribution in [3.8, 4) is 22.8 Å². The van der Waals surface area contributed by atoms with Crippen LogP contribution in [0, 0.1) is 0 Å². The molecule has 160 valence electrons. The van der Waals surface area contributed by atoms with E-state index in [0.29, 0.717) is 40.7 Å². The van der Waals surface area contributed by atoms with Crippen LogP contribution in [0.2, 0.25) is 10.0 Å². The molecule has 0 saturated heterocycles. The van der Waals surface area contributed by atoms with E-state index in [9.17, 15) is 0 Å². The third-order valence-electron chi connectivity index (χ3n) is 4.44. The van der Waals surface area contributed by atoms with E-state index in [1.54, 1.807) is 19.2 Å². The number of thioether (sulfide) groups is 1. The number of hydrogen-bond donors (Lipinski definition) is 0. The van der Waals surface area contributed by atoms with Crippen LogP contribution in [-0.2, 0) is 17.0 Å². The minimum atomic E-state index is 0.450. The van der Waals surface area contributed by atoms with Crippen molar-refractivity contribution in [1.82, 2.24) is 25.0 Å². The molecule has 4 aromatic rings. The highest BCUT2D eigenvalue weighted by atomic mass is 35.5. The molecule has 0 N–H and O–H groups in total. The summed E-state index contributed by atoms with van der Waals surface area (Å²) in [6, 6.07) is 14.9. The summed E-state index contributed by atoms with van der Waals surface area (Å²) in [5.74, 6) is 2.13. The predicted molar refractivity (Wildman–Crippen MR) is 121 cm³/mol. The topological polar surface area (TPSA) is 78.9 Å². The van der Waals surface area contributed by atoms with E-state index in [4.69, 9.17) is 32.4 Å². The molecule has 0 aliphatic heterocycles. The molecular weight excluding hydrogens is 457 g/mol. The SMILES string of the molecule is COCCCn1c(SCc2nnc(-c3ccc(Cl)cc3)o2)nnc1-c1ccccc1Cl. The molecule has 0 fully saturated rings. The molecular formula is C21H19Cl2N5O2S. The number of methoxy groups -OCH3 is 1. The Morgan fingerprint density at radius 1 is 1.00 bits per heavy atom. The standard InChI is InChI=1S/C21H19Cl2N5O2S/c1-29-12-4-11-28-19(16-5-2-3-6-17(16)23)25-27-21(28)31-13-18-24-26-20(30-18)14-7-9-15(22)10-8-14/h2-3,5-10H,4,11-13H2,1H3. The van der Waals surface area contributed by atoms with E-state index in [-0.39, 0.29) is 0 Å². The first kappa shape index (κ1) is 21.8. The summed E-state index contributed by atoms with van der Waals surface area (Å²) in [5, 5.41) is 19.1. The number of benzene rings is 2. The number of nitrogens with zero attached hydrogens (tertiary/aromatic N) is 5. The molecule has 0 radical (unpaired) electrons. The first-order chi connectivity index (χ1) is 15.2. The molecule has 0 bridgehead atoms. The first-order valence-corrected chi connectivity index (χ1v) is 11.3. The Balaban J connectivity index is 1.53. The Labute approximate surface area is 193 Å². The lowest BCUT2D eigenvalue weighted by Crippen LogP contribution is -2.05. The molecule has 0 spiro atoms. The van der Waals surface area contributed by atoms with Crippen molar-refractivity contribution in [2.24, 2.45) is 0 Å². The van der Waals surface area contributed by atoms with Crippen LogP contribution in [0.1, 0.15) is 12.3 Å². The molecule has 0 atom stereocenters. The van der Waals surface area contributed by atoms with Gasteiger partial charge in [0.05, 0.1) is 10.8 Å². The smallest absolute Gasteiger partial charge is 0.247 e. The summed E-state index contributed by atoms with van der Waals surface area (Å²) in [6.07, 6.45) is 0.820. The second kappa shape index (κ2) is 10.3. The third-order valence-corrected chi connectivity index (χ3v) is 5.98. The van der Waals surface area contributed by atoms with Gasteiger partial charge in [0.15, 0.2) is 11.0 Å². The summed E-state index contributed by atoms with van der Waals surface area (Å²) in [4.78, 5) is 0. The Bertz CT molecular complexity index is 1150. The minimum Gasteiger partial charge on any atom is -0.420 e. The Morgan fingerprint density at radius 3 is 2.58 bits per heavy atom. The van der Waals surface area contributed by atoms with Crippen LogP contribution in [0.25, 0.3) is 22.8 Å². The monoisotopic (exact) mass is 475 g/mol. The number of ether oxygens (including phenoxy) is 1. The maximum atomic E-state index is 6.39. The van der Waals surface area contributed by atoms with E-state index in [1.807, 2.05) is 41.0 Å². The van der Waals surface area contributed by atoms with Gasteiger partial charge in [-0.15, -0.1) is 20.4 Å². The van der Waals surface area contributed by atoms with Gasteiger partial charge in [0, 0.05) is 36.4 Å². The predicted octanol–water partition coefficient (Wildman–Crippen LogP) is 5.63. The van der Waals surface area contributed by atoms with Crippen LogP contribution in [0.15, 0.2) is 58.1 Å². The second-order valence-corrected chi connectivity index (χ2v) is 8.37. The zero-order valence-electron chi connectivity index (χ0n) is 16.7. The lowest BCUT2D eigenvalue weighted by Gasteiger charge is -2.10. The average Bonchev–Trinajstić information content (AvgIpc) is 3.41. The molecule has 4 rings (SSSR count). The van der Waals surface area contributed by atoms with Gasteiger partial charge in [-0.3, -0.25) is 0 Å². The molecule has 0 amide bonds. The van der Waals surface area contributed by atoms with Gasteiger partial charge < -0.3 is 13.7 Å². The van der Waals surface area contributed by atoms with E-state index >= 15 is 0 Å². The summed E-state index contributed by atoms with van der Waals surface area (Å²) >= 11 is 13.8. The number of halogens is 2. The van der Waals surface area contributed by atoms with Gasteiger partial charge in [0.1, 0.15) is 0 Å². The van der Waals surface area contributed by atoms with Gasteiger partial charge in [-0.05, 0) is 42.8 Å². The van der Waals surface area contributed by atoms with Crippen LogP contribution in [0.4, 0.5) is 0 Å². The molecule has 0 aliphatic carbocycles. The summed E-state index contributed by atoms with van der Waals surface area (Å²) < 4.78 is 13.0. The van der Waals surface area contributed by atoms with Crippen molar-refractivity contribution in [3.63, 3.8) is 0 Å². The van der Waals surface area contributed by atoms with Gasteiger partial charge in [0.25, 0.3) is 0 Å². The zero-order chi connectivity index (χ0) is 21.6. The highest BCUT2D eigenvalue weighted by Gasteiger charge is 2.18. The number of rotatable bonds is 9. The Kier molecular flexibility index (Phi) is 7.24. The van der Waals surface area contributed by atoms with Gasteiger partial charge >= 0.3 is 0 Å². The third kappa shape index (κ3) is 5.27. The molecule has 0 aliphatic rings. The summed E-state index contributed by atoms with van der Waals surface area (Å²) in [7, 11) is 1.69. The largest absolute Gasteiger partial charge is 0.420 e. The normalized spacial score (nSPS) is 11.2. The number of aromatic nitrogens is 5. The van der Waals surface area contributed by atoms with Crippen molar-refractivity contribution in [3.05, 3.63) is 64.5 Å². The number of hydrogen-bond acceptors (Lipinski definition) is 7. The van der Waals surface area contributed by atoms with Crippen LogP contribution in [0.5, 0.6) is 0 Å². The maximum absolute atomic E-state index is 6.39. The molecule has 2 aromatic carbocycles. The Hall–Kier alpha value is -2.39. The van der Waals surface area contributed by atoms with Gasteiger partial charge in [0.2, 0.25) is 11.8 Å². The second-order valence-electron chi connectivity index (χ2n) is 6.58. The molecule has 0 unspecified atom stereocenters. The van der Waals surface area contributed by atoms with Crippen molar-refractivity contribution < 1.29 is 9.15 Å². The van der Waals surface area contributed by atoms with Crippen LogP contribution in [0.3, 0.4) is 0 Å². The van der Waals surface area contributed by atoms with Crippen LogP contribution < -0.4 is 0 Å². The highest BCUT2D eigenvalue weighted by Crippen LogP contribution is 2.31. The lowest BCUT2D eigenvalue weighted by molar-refractivity contribution is 0.189. The maximum Gasteiger partial charge on any atom is 0.247 e. The van der Waals surface area contributed by atoms with Crippen molar-refractivity contribution >= 4 is 35.0 Å². The first-order valence-electron chi connectivity index (χ1n) is 9.54. The zero-order valence-corrected chi connectivity index (χ0v) is 19.0. The van der Waals surface area contributed by atoms with Crippen molar-refractivity contribution in [2.75, 3.05) is 13.7 Å². The van der Waals surface area contributed by atoms with E-state index < -0.39 is 0 Å². The summed E-state index contributed by atoms with van der Waals surface area (Å²) in [5.41, 5.74) is 1.65. The van der Waals surface area contributed by atoms with E-state index in [0.717, 1.165) is 28.5 Å². The molecule has 7 nitrogen and oxygen atoms in total. The average molecular weight is 476 g/mol. The van der Waals surface area contributed by atoms with Crippen LogP contribution >= 0.6 is 35.0 Å². The van der Waals surface area contributed by atoms with E-state index in [1.165, 1.54) is 11.8 Å². The summed E-state index contributed by atoms with van der Waals surface area (Å²) in [6.45, 7) is 1.34. The van der Waals surface area contributed by atoms with Crippen molar-refractivity contribution in [1.29, 1.82) is 0 Å². The van der Waals surface area contributed by atoms with Crippen molar-refractivity contribution in [2.45, 2.75) is 23.9 Å². The molecule has 2 aromatic heterocycles. The molecule has 0 saturated carbocycles. The van der Waals surface area contributed by atoms with E-state index in [2.05, 4.69) is 20.4 Å². The fraction of sp³-hybridized carbons (Fsp3) is 0.238.